The van der Waals surface area contributed by atoms with Gasteiger partial charge in [0.15, 0.2) is 0 Å². The molecule has 5 heteroatoms. The monoisotopic (exact) mass is 381 g/mol. The van der Waals surface area contributed by atoms with Gasteiger partial charge in [-0.2, -0.15) is 0 Å². The number of amides is 2. The molecular weight excluding hydrogens is 350 g/mol. The highest BCUT2D eigenvalue weighted by atomic mass is 16.2. The standard InChI is InChI=1S/C23H31N3O2/c1-16(2)22(19-12-7-6-8-13-19)24-20(27)14-26(5)15-21(28)25-23-17(3)10-9-11-18(23)4/h6-13,16,22H,14-15H2,1-5H3,(H,24,27)(H,25,28). The van der Waals surface area contributed by atoms with Crippen molar-refractivity contribution in [3.8, 4) is 0 Å². The molecular formula is C23H31N3O2. The van der Waals surface area contributed by atoms with E-state index in [1.165, 1.54) is 0 Å². The Bertz CT molecular complexity index is 782. The third-order valence-corrected chi connectivity index (χ3v) is 4.71. The summed E-state index contributed by atoms with van der Waals surface area (Å²) in [6.45, 7) is 8.42. The summed E-state index contributed by atoms with van der Waals surface area (Å²) in [4.78, 5) is 26.6. The minimum atomic E-state index is -0.129. The molecule has 0 aromatic heterocycles. The van der Waals surface area contributed by atoms with E-state index in [1.54, 1.807) is 11.9 Å². The van der Waals surface area contributed by atoms with Crippen LogP contribution in [0.3, 0.4) is 0 Å². The fraction of sp³-hybridized carbons (Fsp3) is 0.391. The van der Waals surface area contributed by atoms with Crippen molar-refractivity contribution < 1.29 is 9.59 Å². The maximum atomic E-state index is 12.5. The molecule has 2 aromatic carbocycles. The molecule has 0 aliphatic heterocycles. The molecule has 0 bridgehead atoms. The predicted octanol–water partition coefficient (Wildman–Crippen LogP) is 3.69. The molecule has 0 saturated carbocycles. The lowest BCUT2D eigenvalue weighted by molar-refractivity contribution is -0.123. The van der Waals surface area contributed by atoms with Crippen LogP contribution in [-0.4, -0.2) is 36.9 Å². The molecule has 2 aromatic rings. The molecule has 2 amide bonds. The van der Waals surface area contributed by atoms with Crippen molar-refractivity contribution >= 4 is 17.5 Å². The van der Waals surface area contributed by atoms with Crippen molar-refractivity contribution in [3.63, 3.8) is 0 Å². The zero-order chi connectivity index (χ0) is 20.7. The molecule has 0 aliphatic rings. The number of likely N-dealkylation sites (N-methyl/N-ethyl adjacent to an activating group) is 1. The molecule has 0 spiro atoms. The highest BCUT2D eigenvalue weighted by molar-refractivity contribution is 5.94. The molecule has 0 aliphatic carbocycles. The van der Waals surface area contributed by atoms with Gasteiger partial charge in [-0.05, 0) is 43.5 Å². The number of hydrogen-bond donors (Lipinski definition) is 2. The van der Waals surface area contributed by atoms with Gasteiger partial charge in [-0.15, -0.1) is 0 Å². The molecule has 0 saturated heterocycles. The molecule has 5 nitrogen and oxygen atoms in total. The van der Waals surface area contributed by atoms with E-state index in [2.05, 4.69) is 24.5 Å². The van der Waals surface area contributed by atoms with Crippen LogP contribution in [0.5, 0.6) is 0 Å². The van der Waals surface area contributed by atoms with Crippen LogP contribution in [0.4, 0.5) is 5.69 Å². The fourth-order valence-corrected chi connectivity index (χ4v) is 3.25. The van der Waals surface area contributed by atoms with Gasteiger partial charge in [-0.1, -0.05) is 62.4 Å². The Labute approximate surface area is 168 Å². The Morgan fingerprint density at radius 2 is 1.46 bits per heavy atom. The summed E-state index contributed by atoms with van der Waals surface area (Å²) in [5.41, 5.74) is 3.98. The second-order valence-electron chi connectivity index (χ2n) is 7.69. The second-order valence-corrected chi connectivity index (χ2v) is 7.69. The number of hydrogen-bond acceptors (Lipinski definition) is 3. The first-order chi connectivity index (χ1) is 13.3. The Morgan fingerprint density at radius 1 is 0.893 bits per heavy atom. The summed E-state index contributed by atoms with van der Waals surface area (Å²) < 4.78 is 0. The fourth-order valence-electron chi connectivity index (χ4n) is 3.25. The van der Waals surface area contributed by atoms with Crippen LogP contribution in [0, 0.1) is 19.8 Å². The van der Waals surface area contributed by atoms with Crippen molar-refractivity contribution in [2.45, 2.75) is 33.7 Å². The molecule has 2 rings (SSSR count). The molecule has 0 heterocycles. The van der Waals surface area contributed by atoms with E-state index in [0.29, 0.717) is 0 Å². The van der Waals surface area contributed by atoms with Gasteiger partial charge in [0.2, 0.25) is 11.8 Å². The molecule has 0 radical (unpaired) electrons. The van der Waals surface area contributed by atoms with Crippen LogP contribution in [0.25, 0.3) is 0 Å². The van der Waals surface area contributed by atoms with E-state index in [-0.39, 0.29) is 36.9 Å². The second kappa shape index (κ2) is 10.0. The van der Waals surface area contributed by atoms with Gasteiger partial charge in [0.05, 0.1) is 19.1 Å². The largest absolute Gasteiger partial charge is 0.348 e. The van der Waals surface area contributed by atoms with Gasteiger partial charge in [-0.25, -0.2) is 0 Å². The van der Waals surface area contributed by atoms with Crippen LogP contribution in [-0.2, 0) is 9.59 Å². The van der Waals surface area contributed by atoms with Crippen molar-refractivity contribution in [3.05, 3.63) is 65.2 Å². The lowest BCUT2D eigenvalue weighted by Crippen LogP contribution is -2.41. The van der Waals surface area contributed by atoms with E-state index in [0.717, 1.165) is 22.4 Å². The van der Waals surface area contributed by atoms with Crippen LogP contribution in [0.2, 0.25) is 0 Å². The van der Waals surface area contributed by atoms with Gasteiger partial charge < -0.3 is 10.6 Å². The summed E-state index contributed by atoms with van der Waals surface area (Å²) in [7, 11) is 1.77. The summed E-state index contributed by atoms with van der Waals surface area (Å²) in [5, 5.41) is 6.05. The van der Waals surface area contributed by atoms with Crippen molar-refractivity contribution in [1.29, 1.82) is 0 Å². The molecule has 28 heavy (non-hydrogen) atoms. The number of rotatable bonds is 8. The minimum Gasteiger partial charge on any atom is -0.348 e. The average Bonchev–Trinajstić information content (AvgIpc) is 2.63. The molecule has 0 fully saturated rings. The number of carbonyl (C=O) groups excluding carboxylic acids is 2. The lowest BCUT2D eigenvalue weighted by atomic mass is 9.96. The number of para-hydroxylation sites is 1. The van der Waals surface area contributed by atoms with Gasteiger partial charge >= 0.3 is 0 Å². The average molecular weight is 382 g/mol. The van der Waals surface area contributed by atoms with Gasteiger partial charge in [0.25, 0.3) is 0 Å². The minimum absolute atomic E-state index is 0.0504. The zero-order valence-corrected chi connectivity index (χ0v) is 17.5. The predicted molar refractivity (Wildman–Crippen MR) is 114 cm³/mol. The summed E-state index contributed by atoms with van der Waals surface area (Å²) in [6, 6.07) is 15.8. The van der Waals surface area contributed by atoms with E-state index >= 15 is 0 Å². The van der Waals surface area contributed by atoms with Gasteiger partial charge in [-0.3, -0.25) is 14.5 Å². The third-order valence-electron chi connectivity index (χ3n) is 4.71. The highest BCUT2D eigenvalue weighted by Gasteiger charge is 2.19. The van der Waals surface area contributed by atoms with Crippen LogP contribution in [0.1, 0.15) is 36.6 Å². The van der Waals surface area contributed by atoms with Crippen molar-refractivity contribution in [1.82, 2.24) is 10.2 Å². The number of carbonyl (C=O) groups is 2. The number of aryl methyl sites for hydroxylation is 2. The van der Waals surface area contributed by atoms with Crippen molar-refractivity contribution in [2.24, 2.45) is 5.92 Å². The number of benzene rings is 2. The zero-order valence-electron chi connectivity index (χ0n) is 17.5. The first-order valence-corrected chi connectivity index (χ1v) is 9.67. The van der Waals surface area contributed by atoms with E-state index in [9.17, 15) is 9.59 Å². The summed E-state index contributed by atoms with van der Waals surface area (Å²) >= 11 is 0. The van der Waals surface area contributed by atoms with Crippen LogP contribution < -0.4 is 10.6 Å². The summed E-state index contributed by atoms with van der Waals surface area (Å²) in [6.07, 6.45) is 0. The maximum Gasteiger partial charge on any atom is 0.238 e. The Morgan fingerprint density at radius 3 is 2.04 bits per heavy atom. The lowest BCUT2D eigenvalue weighted by Gasteiger charge is -2.24. The highest BCUT2D eigenvalue weighted by Crippen LogP contribution is 2.21. The van der Waals surface area contributed by atoms with E-state index in [1.807, 2.05) is 62.4 Å². The van der Waals surface area contributed by atoms with E-state index in [4.69, 9.17) is 0 Å². The Balaban J connectivity index is 1.90. The Hall–Kier alpha value is -2.66. The van der Waals surface area contributed by atoms with Crippen LogP contribution >= 0.6 is 0 Å². The maximum absolute atomic E-state index is 12.5. The molecule has 2 N–H and O–H groups in total. The normalized spacial score (nSPS) is 12.1. The van der Waals surface area contributed by atoms with Gasteiger partial charge in [0.1, 0.15) is 0 Å². The number of anilines is 1. The first kappa shape index (κ1) is 21.6. The quantitative estimate of drug-likeness (QED) is 0.733. The SMILES string of the molecule is Cc1cccc(C)c1NC(=O)CN(C)CC(=O)NC(c1ccccc1)C(C)C. The van der Waals surface area contributed by atoms with E-state index < -0.39 is 0 Å². The molecule has 1 atom stereocenters. The topological polar surface area (TPSA) is 61.4 Å². The third kappa shape index (κ3) is 6.20. The van der Waals surface area contributed by atoms with Crippen molar-refractivity contribution in [2.75, 3.05) is 25.5 Å². The summed E-state index contributed by atoms with van der Waals surface area (Å²) in [5.74, 6) is 0.0464. The van der Waals surface area contributed by atoms with Crippen LogP contribution in [0.15, 0.2) is 48.5 Å². The smallest absolute Gasteiger partial charge is 0.238 e. The Kier molecular flexibility index (Phi) is 7.76. The van der Waals surface area contributed by atoms with Gasteiger partial charge in [0, 0.05) is 5.69 Å². The number of nitrogens with zero attached hydrogens (tertiary/aromatic N) is 1. The first-order valence-electron chi connectivity index (χ1n) is 9.67. The number of nitrogens with one attached hydrogen (secondary N) is 2. The molecule has 150 valence electrons. The molecule has 1 unspecified atom stereocenters.